The molecule has 45 heavy (non-hydrogen) atoms. The lowest BCUT2D eigenvalue weighted by Crippen LogP contribution is -2.38. The molecular weight excluding hydrogens is 625 g/mol. The van der Waals surface area contributed by atoms with Crippen LogP contribution in [0.15, 0.2) is 66.9 Å². The monoisotopic (exact) mass is 648 g/mol. The fourth-order valence-corrected chi connectivity index (χ4v) is 5.77. The molecule has 1 saturated heterocycles. The first-order valence-electron chi connectivity index (χ1n) is 13.9. The van der Waals surface area contributed by atoms with Gasteiger partial charge in [-0.2, -0.15) is 5.26 Å². The van der Waals surface area contributed by atoms with Crippen LogP contribution >= 0.6 is 23.2 Å². The first kappa shape index (κ1) is 30.1. The first-order chi connectivity index (χ1) is 21.7. The van der Waals surface area contributed by atoms with E-state index in [2.05, 4.69) is 25.9 Å². The maximum atomic E-state index is 13.9. The Morgan fingerprint density at radius 3 is 2.44 bits per heavy atom. The van der Waals surface area contributed by atoms with Gasteiger partial charge in [-0.3, -0.25) is 0 Å². The Bertz CT molecular complexity index is 1940. The molecular formula is C31H24Cl2F2N8O2. The Morgan fingerprint density at radius 2 is 1.76 bits per heavy atom. The first-order valence-corrected chi connectivity index (χ1v) is 14.6. The summed E-state index contributed by atoms with van der Waals surface area (Å²) >= 11 is 12.7. The van der Waals surface area contributed by atoms with E-state index in [0.29, 0.717) is 65.2 Å². The standard InChI is InChI=1S/C31H24Cl2F2N8O2/c32-24-12-19(5-6-26(24)35)37-27-14-21(15-36)39-30-23(27)11-20(13-25(30)33)38-29(17-1-3-18(34)4-2-17)28-16-43(41-40-28)22-7-9-42(10-8-22)31(44)45/h1-6,11-14,16,22,29,38H,7-10H2,(H,37,39)(H,44,45). The van der Waals surface area contributed by atoms with E-state index in [0.717, 1.165) is 0 Å². The largest absolute Gasteiger partial charge is 0.465 e. The number of carboxylic acid groups (broad SMARTS) is 1. The molecule has 0 bridgehead atoms. The quantitative estimate of drug-likeness (QED) is 0.165. The molecule has 1 aliphatic rings. The average Bonchev–Trinajstić information content (AvgIpc) is 3.52. The van der Waals surface area contributed by atoms with Gasteiger partial charge in [0, 0.05) is 29.9 Å². The summed E-state index contributed by atoms with van der Waals surface area (Å²) in [7, 11) is 0. The Kier molecular flexibility index (Phi) is 8.38. The summed E-state index contributed by atoms with van der Waals surface area (Å²) in [6, 6.07) is 16.6. The van der Waals surface area contributed by atoms with E-state index in [9.17, 15) is 23.9 Å². The fraction of sp³-hybridized carbons (Fsp3) is 0.194. The lowest BCUT2D eigenvalue weighted by atomic mass is 10.0. The zero-order valence-corrected chi connectivity index (χ0v) is 24.9. The summed E-state index contributed by atoms with van der Waals surface area (Å²) in [5.74, 6) is -0.959. The van der Waals surface area contributed by atoms with Crippen molar-refractivity contribution in [1.82, 2.24) is 24.9 Å². The molecule has 0 spiro atoms. The van der Waals surface area contributed by atoms with Gasteiger partial charge >= 0.3 is 6.09 Å². The highest BCUT2D eigenvalue weighted by Crippen LogP contribution is 2.36. The molecule has 1 amide bonds. The summed E-state index contributed by atoms with van der Waals surface area (Å²) in [4.78, 5) is 17.1. The zero-order chi connectivity index (χ0) is 31.7. The molecule has 5 aromatic rings. The lowest BCUT2D eigenvalue weighted by Gasteiger charge is -2.29. The molecule has 1 aliphatic heterocycles. The third-order valence-corrected chi connectivity index (χ3v) is 8.21. The third kappa shape index (κ3) is 6.45. The van der Waals surface area contributed by atoms with Gasteiger partial charge in [-0.1, -0.05) is 40.5 Å². The molecule has 3 N–H and O–H groups in total. The van der Waals surface area contributed by atoms with E-state index in [1.54, 1.807) is 41.2 Å². The van der Waals surface area contributed by atoms with Crippen LogP contribution in [0.25, 0.3) is 10.9 Å². The molecule has 228 valence electrons. The molecule has 2 aromatic heterocycles. The second-order valence-electron chi connectivity index (χ2n) is 10.5. The third-order valence-electron chi connectivity index (χ3n) is 7.63. The van der Waals surface area contributed by atoms with Gasteiger partial charge in [0.25, 0.3) is 0 Å². The van der Waals surface area contributed by atoms with Crippen molar-refractivity contribution in [3.63, 3.8) is 0 Å². The van der Waals surface area contributed by atoms with Gasteiger partial charge in [0.15, 0.2) is 0 Å². The molecule has 3 heterocycles. The highest BCUT2D eigenvalue weighted by molar-refractivity contribution is 6.36. The second kappa shape index (κ2) is 12.6. The van der Waals surface area contributed by atoms with Crippen LogP contribution in [0.5, 0.6) is 0 Å². The normalized spacial score (nSPS) is 14.2. The van der Waals surface area contributed by atoms with Crippen molar-refractivity contribution < 1.29 is 18.7 Å². The van der Waals surface area contributed by atoms with Crippen LogP contribution in [-0.2, 0) is 0 Å². The molecule has 6 rings (SSSR count). The minimum absolute atomic E-state index is 0.0279. The molecule has 0 radical (unpaired) electrons. The van der Waals surface area contributed by atoms with Crippen LogP contribution < -0.4 is 10.6 Å². The molecule has 1 unspecified atom stereocenters. The van der Waals surface area contributed by atoms with Gasteiger partial charge in [-0.15, -0.1) is 5.10 Å². The van der Waals surface area contributed by atoms with Gasteiger partial charge in [0.05, 0.1) is 39.5 Å². The van der Waals surface area contributed by atoms with Crippen LogP contribution in [0.1, 0.15) is 41.9 Å². The van der Waals surface area contributed by atoms with Crippen molar-refractivity contribution in [2.45, 2.75) is 24.9 Å². The maximum Gasteiger partial charge on any atom is 0.407 e. The highest BCUT2D eigenvalue weighted by Gasteiger charge is 2.26. The smallest absolute Gasteiger partial charge is 0.407 e. The number of anilines is 3. The number of nitrogens with one attached hydrogen (secondary N) is 2. The van der Waals surface area contributed by atoms with Gasteiger partial charge in [0.1, 0.15) is 29.1 Å². The van der Waals surface area contributed by atoms with Crippen molar-refractivity contribution in [3.05, 3.63) is 105 Å². The summed E-state index contributed by atoms with van der Waals surface area (Å²) in [6.07, 6.45) is 2.05. The van der Waals surface area contributed by atoms with Crippen LogP contribution in [-0.4, -0.2) is 49.2 Å². The number of halogens is 4. The molecule has 1 atom stereocenters. The van der Waals surface area contributed by atoms with E-state index >= 15 is 0 Å². The minimum Gasteiger partial charge on any atom is -0.465 e. The van der Waals surface area contributed by atoms with Gasteiger partial charge in [-0.05, 0) is 66.9 Å². The van der Waals surface area contributed by atoms with Crippen molar-refractivity contribution in [2.75, 3.05) is 23.7 Å². The van der Waals surface area contributed by atoms with Crippen molar-refractivity contribution in [3.8, 4) is 6.07 Å². The summed E-state index contributed by atoms with van der Waals surface area (Å²) in [6.45, 7) is 0.791. The number of pyridine rings is 1. The summed E-state index contributed by atoms with van der Waals surface area (Å²) in [5, 5.41) is 35.0. The number of benzene rings is 3. The molecule has 10 nitrogen and oxygen atoms in total. The predicted octanol–water partition coefficient (Wildman–Crippen LogP) is 7.54. The summed E-state index contributed by atoms with van der Waals surface area (Å²) < 4.78 is 29.4. The number of nitriles is 1. The molecule has 1 fully saturated rings. The molecule has 0 aliphatic carbocycles. The number of nitrogens with zero attached hydrogens (tertiary/aromatic N) is 6. The van der Waals surface area contributed by atoms with E-state index in [1.807, 2.05) is 6.07 Å². The Morgan fingerprint density at radius 1 is 1.02 bits per heavy atom. The Balaban J connectivity index is 1.36. The predicted molar refractivity (Wildman–Crippen MR) is 166 cm³/mol. The van der Waals surface area contributed by atoms with Crippen LogP contribution in [0.4, 0.5) is 30.6 Å². The van der Waals surface area contributed by atoms with Gasteiger partial charge in [0.2, 0.25) is 0 Å². The van der Waals surface area contributed by atoms with E-state index < -0.39 is 23.8 Å². The summed E-state index contributed by atoms with van der Waals surface area (Å²) in [5.41, 5.74) is 3.29. The van der Waals surface area contributed by atoms with E-state index in [1.165, 1.54) is 35.2 Å². The van der Waals surface area contributed by atoms with Crippen LogP contribution in [0.3, 0.4) is 0 Å². The number of piperidine rings is 1. The van der Waals surface area contributed by atoms with Crippen molar-refractivity contribution in [2.24, 2.45) is 0 Å². The fourth-order valence-electron chi connectivity index (χ4n) is 5.33. The number of amides is 1. The van der Waals surface area contributed by atoms with Gasteiger partial charge < -0.3 is 20.6 Å². The number of likely N-dealkylation sites (tertiary alicyclic amines) is 1. The molecule has 14 heteroatoms. The molecule has 3 aromatic carbocycles. The Hall–Kier alpha value is -4.99. The van der Waals surface area contributed by atoms with Gasteiger partial charge in [-0.25, -0.2) is 23.2 Å². The van der Waals surface area contributed by atoms with E-state index in [-0.39, 0.29) is 21.8 Å². The van der Waals surface area contributed by atoms with Crippen LogP contribution in [0, 0.1) is 23.0 Å². The highest BCUT2D eigenvalue weighted by atomic mass is 35.5. The SMILES string of the molecule is N#Cc1cc(Nc2ccc(F)c(Cl)c2)c2cc(NC(c3ccc(F)cc3)c3cn(C4CCN(C(=O)O)CC4)nn3)cc(Cl)c2n1. The van der Waals surface area contributed by atoms with Crippen molar-refractivity contribution in [1.29, 1.82) is 5.26 Å². The number of rotatable bonds is 7. The zero-order valence-electron chi connectivity index (χ0n) is 23.4. The lowest BCUT2D eigenvalue weighted by molar-refractivity contribution is 0.123. The average molecular weight is 649 g/mol. The minimum atomic E-state index is -0.943. The number of hydrogen-bond acceptors (Lipinski definition) is 7. The molecule has 0 saturated carbocycles. The number of aromatic nitrogens is 4. The van der Waals surface area contributed by atoms with Crippen molar-refractivity contribution >= 4 is 57.3 Å². The maximum absolute atomic E-state index is 13.9. The number of hydrogen-bond donors (Lipinski definition) is 3. The van der Waals surface area contributed by atoms with Crippen LogP contribution in [0.2, 0.25) is 10.0 Å². The topological polar surface area (TPSA) is 132 Å². The second-order valence-corrected chi connectivity index (χ2v) is 11.3. The Labute approximate surface area is 265 Å². The number of fused-ring (bicyclic) bond motifs is 1. The number of carbonyl (C=O) groups is 1. The van der Waals surface area contributed by atoms with E-state index in [4.69, 9.17) is 23.2 Å².